The molecule has 0 saturated carbocycles. The number of hydrogen-bond donors (Lipinski definition) is 2. The number of carbonyl (C=O) groups excluding carboxylic acids is 2. The van der Waals surface area contributed by atoms with Crippen molar-refractivity contribution >= 4 is 23.3 Å². The molecule has 0 saturated heterocycles. The predicted octanol–water partition coefficient (Wildman–Crippen LogP) is 4.56. The fourth-order valence-corrected chi connectivity index (χ4v) is 4.52. The highest BCUT2D eigenvalue weighted by Crippen LogP contribution is 2.48. The number of allylic oxidation sites excluding steroid dienone is 3. The van der Waals surface area contributed by atoms with Crippen LogP contribution in [0, 0.1) is 22.6 Å². The van der Waals surface area contributed by atoms with Gasteiger partial charge in [-0.25, -0.2) is 9.40 Å². The molecule has 1 aliphatic heterocycles. The standard InChI is InChI=1S/C25H22ClFN4O2/c1-25(2)11-19-22(20(32)12-25)21(14-5-9-17(27)10-6-14)18(13-28)23(29)31(19)30-24(33)15-3-7-16(26)8-4-15/h3-10,21H,11-12,29H2,1-2H3,(H,30,33). The zero-order valence-electron chi connectivity index (χ0n) is 18.2. The number of amides is 1. The summed E-state index contributed by atoms with van der Waals surface area (Å²) in [6.07, 6.45) is 0.729. The molecule has 2 aromatic carbocycles. The van der Waals surface area contributed by atoms with Crippen molar-refractivity contribution in [3.8, 4) is 6.07 Å². The molecule has 1 amide bonds. The quantitative estimate of drug-likeness (QED) is 0.693. The van der Waals surface area contributed by atoms with Gasteiger partial charge in [-0.1, -0.05) is 37.6 Å². The average molecular weight is 465 g/mol. The van der Waals surface area contributed by atoms with E-state index in [-0.39, 0.29) is 29.0 Å². The van der Waals surface area contributed by atoms with E-state index in [1.165, 1.54) is 17.1 Å². The van der Waals surface area contributed by atoms with Crippen molar-refractivity contribution in [2.75, 3.05) is 0 Å². The maximum Gasteiger partial charge on any atom is 0.270 e. The van der Waals surface area contributed by atoms with Gasteiger partial charge in [0.2, 0.25) is 0 Å². The molecule has 0 fully saturated rings. The lowest BCUT2D eigenvalue weighted by atomic mass is 9.69. The zero-order chi connectivity index (χ0) is 23.9. The number of hydrogen-bond acceptors (Lipinski definition) is 5. The van der Waals surface area contributed by atoms with E-state index in [2.05, 4.69) is 11.5 Å². The summed E-state index contributed by atoms with van der Waals surface area (Å²) in [6, 6.07) is 14.1. The van der Waals surface area contributed by atoms with E-state index in [1.54, 1.807) is 36.4 Å². The van der Waals surface area contributed by atoms with Gasteiger partial charge in [0.15, 0.2) is 5.78 Å². The van der Waals surface area contributed by atoms with Gasteiger partial charge in [-0.05, 0) is 53.8 Å². The van der Waals surface area contributed by atoms with E-state index in [0.717, 1.165) is 0 Å². The molecule has 8 heteroatoms. The Morgan fingerprint density at radius 1 is 1.18 bits per heavy atom. The Morgan fingerprint density at radius 3 is 2.42 bits per heavy atom. The lowest BCUT2D eigenvalue weighted by Crippen LogP contribution is -2.49. The first-order valence-corrected chi connectivity index (χ1v) is 10.8. The molecule has 1 atom stereocenters. The fourth-order valence-electron chi connectivity index (χ4n) is 4.39. The Bertz CT molecular complexity index is 1240. The summed E-state index contributed by atoms with van der Waals surface area (Å²) in [4.78, 5) is 26.3. The molecule has 168 valence electrons. The number of Topliss-reactive ketones (excluding diaryl/α,β-unsaturated/α-hetero) is 1. The number of rotatable bonds is 3. The van der Waals surface area contributed by atoms with Crippen LogP contribution < -0.4 is 11.2 Å². The molecule has 0 bridgehead atoms. The molecule has 6 nitrogen and oxygen atoms in total. The van der Waals surface area contributed by atoms with Crippen LogP contribution in [0.2, 0.25) is 5.02 Å². The summed E-state index contributed by atoms with van der Waals surface area (Å²) in [5.41, 5.74) is 10.8. The number of ketones is 1. The number of halogens is 2. The minimum Gasteiger partial charge on any atom is -0.383 e. The third-order valence-electron chi connectivity index (χ3n) is 5.90. The molecule has 0 radical (unpaired) electrons. The molecule has 2 aliphatic rings. The number of benzene rings is 2. The smallest absolute Gasteiger partial charge is 0.270 e. The van der Waals surface area contributed by atoms with Crippen molar-refractivity contribution in [3.05, 3.63) is 93.2 Å². The van der Waals surface area contributed by atoms with Gasteiger partial charge in [-0.15, -0.1) is 0 Å². The van der Waals surface area contributed by atoms with Crippen LogP contribution in [-0.4, -0.2) is 16.7 Å². The van der Waals surface area contributed by atoms with Gasteiger partial charge >= 0.3 is 0 Å². The van der Waals surface area contributed by atoms with E-state index in [0.29, 0.717) is 33.8 Å². The Hall–Kier alpha value is -3.63. The van der Waals surface area contributed by atoms with Crippen LogP contribution in [0.4, 0.5) is 4.39 Å². The Morgan fingerprint density at radius 2 is 1.82 bits per heavy atom. The Balaban J connectivity index is 1.84. The zero-order valence-corrected chi connectivity index (χ0v) is 18.9. The lowest BCUT2D eigenvalue weighted by Gasteiger charge is -2.43. The molecular weight excluding hydrogens is 443 g/mol. The number of hydrazine groups is 1. The van der Waals surface area contributed by atoms with E-state index in [4.69, 9.17) is 17.3 Å². The van der Waals surface area contributed by atoms with E-state index >= 15 is 0 Å². The van der Waals surface area contributed by atoms with Gasteiger partial charge in [0.1, 0.15) is 11.6 Å². The van der Waals surface area contributed by atoms with Crippen molar-refractivity contribution in [1.82, 2.24) is 10.4 Å². The first-order valence-electron chi connectivity index (χ1n) is 10.4. The van der Waals surface area contributed by atoms with Crippen LogP contribution in [-0.2, 0) is 4.79 Å². The molecule has 0 spiro atoms. The van der Waals surface area contributed by atoms with Crippen molar-refractivity contribution in [3.63, 3.8) is 0 Å². The number of nitrogens with one attached hydrogen (secondary N) is 1. The molecule has 3 N–H and O–H groups in total. The van der Waals surface area contributed by atoms with Gasteiger partial charge in [0, 0.05) is 22.6 Å². The van der Waals surface area contributed by atoms with Gasteiger partial charge in [0.05, 0.1) is 23.3 Å². The minimum atomic E-state index is -0.738. The molecule has 2 aromatic rings. The maximum absolute atomic E-state index is 13.6. The topological polar surface area (TPSA) is 99.2 Å². The second-order valence-electron chi connectivity index (χ2n) is 8.98. The Kier molecular flexibility index (Phi) is 5.73. The summed E-state index contributed by atoms with van der Waals surface area (Å²) in [5, 5.41) is 11.8. The normalized spacial score (nSPS) is 19.8. The van der Waals surface area contributed by atoms with E-state index in [9.17, 15) is 19.2 Å². The minimum absolute atomic E-state index is 0.0263. The summed E-state index contributed by atoms with van der Waals surface area (Å²) < 4.78 is 13.6. The van der Waals surface area contributed by atoms with Crippen molar-refractivity contribution in [2.45, 2.75) is 32.6 Å². The highest BCUT2D eigenvalue weighted by molar-refractivity contribution is 6.30. The summed E-state index contributed by atoms with van der Waals surface area (Å²) in [6.45, 7) is 3.92. The third kappa shape index (κ3) is 4.22. The highest BCUT2D eigenvalue weighted by Gasteiger charge is 2.44. The van der Waals surface area contributed by atoms with E-state index < -0.39 is 17.6 Å². The van der Waals surface area contributed by atoms with Crippen LogP contribution in [0.3, 0.4) is 0 Å². The Labute approximate surface area is 196 Å². The molecule has 4 rings (SSSR count). The molecule has 1 unspecified atom stereocenters. The first kappa shape index (κ1) is 22.6. The van der Waals surface area contributed by atoms with Gasteiger partial charge < -0.3 is 5.73 Å². The second kappa shape index (κ2) is 8.38. The summed E-state index contributed by atoms with van der Waals surface area (Å²) >= 11 is 5.92. The number of nitrogens with two attached hydrogens (primary N) is 1. The van der Waals surface area contributed by atoms with Crippen LogP contribution in [0.5, 0.6) is 0 Å². The molecule has 1 heterocycles. The molecule has 33 heavy (non-hydrogen) atoms. The number of nitrogens with zero attached hydrogens (tertiary/aromatic N) is 2. The van der Waals surface area contributed by atoms with Crippen LogP contribution in [0.1, 0.15) is 48.5 Å². The monoisotopic (exact) mass is 464 g/mol. The third-order valence-corrected chi connectivity index (χ3v) is 6.16. The molecular formula is C25H22ClFN4O2. The average Bonchev–Trinajstić information content (AvgIpc) is 2.75. The van der Waals surface area contributed by atoms with Crippen molar-refractivity contribution in [1.29, 1.82) is 5.26 Å². The van der Waals surface area contributed by atoms with Crippen LogP contribution in [0.25, 0.3) is 0 Å². The number of nitriles is 1. The SMILES string of the molecule is CC1(C)CC(=O)C2=C(C1)N(NC(=O)c1ccc(Cl)cc1)C(N)=C(C#N)C2c1ccc(F)cc1. The van der Waals surface area contributed by atoms with Crippen molar-refractivity contribution < 1.29 is 14.0 Å². The lowest BCUT2D eigenvalue weighted by molar-refractivity contribution is -0.118. The van der Waals surface area contributed by atoms with Crippen molar-refractivity contribution in [2.24, 2.45) is 11.1 Å². The van der Waals surface area contributed by atoms with Crippen LogP contribution >= 0.6 is 11.6 Å². The predicted molar refractivity (Wildman–Crippen MR) is 122 cm³/mol. The highest BCUT2D eigenvalue weighted by atomic mass is 35.5. The van der Waals surface area contributed by atoms with Gasteiger partial charge in [-0.2, -0.15) is 5.26 Å². The molecule has 1 aliphatic carbocycles. The maximum atomic E-state index is 13.6. The first-order chi connectivity index (χ1) is 15.6. The van der Waals surface area contributed by atoms with E-state index in [1.807, 2.05) is 13.8 Å². The largest absolute Gasteiger partial charge is 0.383 e. The summed E-state index contributed by atoms with van der Waals surface area (Å²) in [7, 11) is 0. The van der Waals surface area contributed by atoms with Crippen LogP contribution in [0.15, 0.2) is 71.2 Å². The number of carbonyl (C=O) groups is 2. The van der Waals surface area contributed by atoms with Gasteiger partial charge in [0.25, 0.3) is 5.91 Å². The van der Waals surface area contributed by atoms with Gasteiger partial charge in [-0.3, -0.25) is 15.0 Å². The fraction of sp³-hybridized carbons (Fsp3) is 0.240. The molecule has 0 aromatic heterocycles. The summed E-state index contributed by atoms with van der Waals surface area (Å²) in [5.74, 6) is -1.74. The second-order valence-corrected chi connectivity index (χ2v) is 9.42.